The summed E-state index contributed by atoms with van der Waals surface area (Å²) in [4.78, 5) is 42.7. The molecule has 2 heterocycles. The first-order valence-corrected chi connectivity index (χ1v) is 13.1. The van der Waals surface area contributed by atoms with Crippen LogP contribution < -0.4 is 4.74 Å². The Kier molecular flexibility index (Phi) is 10.1. The van der Waals surface area contributed by atoms with E-state index < -0.39 is 16.4 Å². The van der Waals surface area contributed by atoms with Crippen LogP contribution in [0.5, 0.6) is 5.75 Å². The summed E-state index contributed by atoms with van der Waals surface area (Å²) in [5.41, 5.74) is 3.14. The van der Waals surface area contributed by atoms with Crippen molar-refractivity contribution in [3.05, 3.63) is 59.4 Å². The lowest BCUT2D eigenvalue weighted by atomic mass is 10.1. The monoisotopic (exact) mass is 482 g/mol. The molecule has 1 unspecified atom stereocenters. The topological polar surface area (TPSA) is 76.6 Å². The zero-order chi connectivity index (χ0) is 24.3. The molecular formula is C27H34N2O4S. The highest BCUT2D eigenvalue weighted by Crippen LogP contribution is 2.31. The van der Waals surface area contributed by atoms with E-state index in [9.17, 15) is 14.4 Å². The van der Waals surface area contributed by atoms with Crippen LogP contribution in [0.3, 0.4) is 0 Å². The van der Waals surface area contributed by atoms with E-state index in [1.54, 1.807) is 0 Å². The number of ether oxygens (including phenoxy) is 1. The molecule has 2 aromatic rings. The first kappa shape index (κ1) is 25.9. The lowest BCUT2D eigenvalue weighted by molar-refractivity contribution is -0.139. The highest BCUT2D eigenvalue weighted by Gasteiger charge is 2.42. The summed E-state index contributed by atoms with van der Waals surface area (Å²) in [5, 5.41) is -1.01. The molecule has 0 saturated carbocycles. The summed E-state index contributed by atoms with van der Waals surface area (Å²) < 4.78 is 5.82. The molecule has 1 aromatic heterocycles. The standard InChI is InChI=1S/C27H34N2O4S/c1-3-5-6-7-8-9-25(30)29-26(31)24(34-27(29)32)18-21-11-14-23(15-12-21)33-17-16-22-13-10-20(4-2)19-28-22/h10-15,19,24H,3-9,16-18H2,1-2H3. The second-order valence-corrected chi connectivity index (χ2v) is 9.72. The van der Waals surface area contributed by atoms with Crippen LogP contribution in [-0.4, -0.2) is 38.8 Å². The number of rotatable bonds is 13. The first-order chi connectivity index (χ1) is 16.5. The van der Waals surface area contributed by atoms with Gasteiger partial charge >= 0.3 is 0 Å². The number of nitrogens with zero attached hydrogens (tertiary/aromatic N) is 2. The number of imide groups is 3. The fraction of sp³-hybridized carbons (Fsp3) is 0.481. The number of thioether (sulfide) groups is 1. The quantitative estimate of drug-likeness (QED) is 0.338. The van der Waals surface area contributed by atoms with E-state index >= 15 is 0 Å². The van der Waals surface area contributed by atoms with Gasteiger partial charge in [-0.15, -0.1) is 0 Å². The van der Waals surface area contributed by atoms with Crippen LogP contribution >= 0.6 is 11.8 Å². The molecule has 182 valence electrons. The van der Waals surface area contributed by atoms with Gasteiger partial charge in [-0.3, -0.25) is 19.4 Å². The maximum absolute atomic E-state index is 12.7. The fourth-order valence-electron chi connectivity index (χ4n) is 3.83. The van der Waals surface area contributed by atoms with E-state index in [-0.39, 0.29) is 12.3 Å². The highest BCUT2D eigenvalue weighted by molar-refractivity contribution is 8.15. The van der Waals surface area contributed by atoms with Crippen LogP contribution in [0.1, 0.15) is 69.2 Å². The van der Waals surface area contributed by atoms with Crippen molar-refractivity contribution in [2.24, 2.45) is 0 Å². The van der Waals surface area contributed by atoms with Gasteiger partial charge in [-0.25, -0.2) is 4.90 Å². The molecule has 1 saturated heterocycles. The number of pyridine rings is 1. The van der Waals surface area contributed by atoms with Gasteiger partial charge in [0.15, 0.2) is 0 Å². The molecule has 1 aliphatic rings. The Morgan fingerprint density at radius 1 is 1.00 bits per heavy atom. The Morgan fingerprint density at radius 2 is 1.74 bits per heavy atom. The summed E-state index contributed by atoms with van der Waals surface area (Å²) >= 11 is 0.949. The summed E-state index contributed by atoms with van der Waals surface area (Å²) in [6.45, 7) is 4.77. The SMILES string of the molecule is CCCCCCCC(=O)N1C(=O)SC(Cc2ccc(OCCc3ccc(CC)cn3)cc2)C1=O. The van der Waals surface area contributed by atoms with Gasteiger partial charge in [-0.2, -0.15) is 0 Å². The van der Waals surface area contributed by atoms with E-state index in [1.807, 2.05) is 36.5 Å². The number of hydrogen-bond donors (Lipinski definition) is 0. The normalized spacial score (nSPS) is 15.7. The zero-order valence-electron chi connectivity index (χ0n) is 20.1. The molecule has 1 atom stereocenters. The molecule has 1 fully saturated rings. The number of amides is 3. The van der Waals surface area contributed by atoms with E-state index in [4.69, 9.17) is 4.74 Å². The van der Waals surface area contributed by atoms with Gasteiger partial charge < -0.3 is 4.74 Å². The van der Waals surface area contributed by atoms with E-state index in [0.29, 0.717) is 19.4 Å². The van der Waals surface area contributed by atoms with Gasteiger partial charge in [0, 0.05) is 24.7 Å². The maximum Gasteiger partial charge on any atom is 0.295 e. The zero-order valence-corrected chi connectivity index (χ0v) is 20.9. The third kappa shape index (κ3) is 7.42. The predicted octanol–water partition coefficient (Wildman–Crippen LogP) is 5.76. The molecule has 0 spiro atoms. The third-order valence-electron chi connectivity index (χ3n) is 5.93. The fourth-order valence-corrected chi connectivity index (χ4v) is 4.85. The number of benzene rings is 1. The van der Waals surface area contributed by atoms with Crippen molar-refractivity contribution in [3.63, 3.8) is 0 Å². The maximum atomic E-state index is 12.7. The summed E-state index contributed by atoms with van der Waals surface area (Å²) in [6.07, 6.45) is 9.27. The summed E-state index contributed by atoms with van der Waals surface area (Å²) in [7, 11) is 0. The molecule has 0 N–H and O–H groups in total. The minimum absolute atomic E-state index is 0.249. The number of aryl methyl sites for hydroxylation is 1. The number of carbonyl (C=O) groups excluding carboxylic acids is 3. The molecule has 6 nitrogen and oxygen atoms in total. The van der Waals surface area contributed by atoms with Crippen molar-refractivity contribution < 1.29 is 19.1 Å². The average Bonchev–Trinajstić information content (AvgIpc) is 3.13. The molecule has 0 radical (unpaired) electrons. The second-order valence-electron chi connectivity index (χ2n) is 8.56. The van der Waals surface area contributed by atoms with Crippen LogP contribution in [0, 0.1) is 0 Å². The van der Waals surface area contributed by atoms with Crippen molar-refractivity contribution in [2.45, 2.75) is 76.9 Å². The van der Waals surface area contributed by atoms with Crippen LogP contribution in [0.15, 0.2) is 42.6 Å². The van der Waals surface area contributed by atoms with Crippen molar-refractivity contribution in [2.75, 3.05) is 6.61 Å². The smallest absolute Gasteiger partial charge is 0.295 e. The Bertz CT molecular complexity index is 960. The van der Waals surface area contributed by atoms with Gasteiger partial charge in [0.1, 0.15) is 5.75 Å². The number of carbonyl (C=O) groups is 3. The van der Waals surface area contributed by atoms with Crippen molar-refractivity contribution in [1.82, 2.24) is 9.88 Å². The van der Waals surface area contributed by atoms with Gasteiger partial charge in [-0.1, -0.05) is 69.5 Å². The Hall–Kier alpha value is -2.67. The Labute approximate surface area is 206 Å². The van der Waals surface area contributed by atoms with Crippen LogP contribution in [-0.2, 0) is 28.9 Å². The van der Waals surface area contributed by atoms with Gasteiger partial charge in [0.2, 0.25) is 5.91 Å². The van der Waals surface area contributed by atoms with E-state index in [1.165, 1.54) is 5.56 Å². The predicted molar refractivity (Wildman–Crippen MR) is 135 cm³/mol. The van der Waals surface area contributed by atoms with Crippen molar-refractivity contribution in [1.29, 1.82) is 0 Å². The third-order valence-corrected chi connectivity index (χ3v) is 6.97. The minimum Gasteiger partial charge on any atom is -0.493 e. The molecule has 3 amide bonds. The van der Waals surface area contributed by atoms with E-state index in [0.717, 1.165) is 72.2 Å². The van der Waals surface area contributed by atoms with Gasteiger partial charge in [-0.05, 0) is 48.6 Å². The second kappa shape index (κ2) is 13.3. The Balaban J connectivity index is 1.44. The van der Waals surface area contributed by atoms with Crippen LogP contribution in [0.4, 0.5) is 4.79 Å². The van der Waals surface area contributed by atoms with Crippen molar-refractivity contribution >= 4 is 28.8 Å². The highest BCUT2D eigenvalue weighted by atomic mass is 32.2. The lowest BCUT2D eigenvalue weighted by Gasteiger charge is -2.12. The largest absolute Gasteiger partial charge is 0.493 e. The average molecular weight is 483 g/mol. The van der Waals surface area contributed by atoms with Crippen LogP contribution in [0.2, 0.25) is 0 Å². The molecule has 3 rings (SSSR count). The number of aromatic nitrogens is 1. The molecule has 0 aliphatic carbocycles. The Morgan fingerprint density at radius 3 is 2.41 bits per heavy atom. The molecule has 34 heavy (non-hydrogen) atoms. The van der Waals surface area contributed by atoms with Gasteiger partial charge in [0.25, 0.3) is 11.1 Å². The number of hydrogen-bond acceptors (Lipinski definition) is 6. The van der Waals surface area contributed by atoms with Gasteiger partial charge in [0.05, 0.1) is 11.9 Å². The molecule has 1 aromatic carbocycles. The summed E-state index contributed by atoms with van der Waals surface area (Å²) in [5.74, 6) is -0.0187. The van der Waals surface area contributed by atoms with Crippen LogP contribution in [0.25, 0.3) is 0 Å². The molecule has 7 heteroatoms. The van der Waals surface area contributed by atoms with Crippen molar-refractivity contribution in [3.8, 4) is 5.75 Å². The lowest BCUT2D eigenvalue weighted by Crippen LogP contribution is -2.37. The minimum atomic E-state index is -0.555. The molecule has 1 aliphatic heterocycles. The first-order valence-electron chi connectivity index (χ1n) is 12.2. The number of unbranched alkanes of at least 4 members (excludes halogenated alkanes) is 4. The molecular weight excluding hydrogens is 448 g/mol. The van der Waals surface area contributed by atoms with E-state index in [2.05, 4.69) is 24.9 Å². The summed E-state index contributed by atoms with van der Waals surface area (Å²) in [6, 6.07) is 11.7. The molecule has 0 bridgehead atoms.